The number of ether oxygens (including phenoxy) is 1. The van der Waals surface area contributed by atoms with Gasteiger partial charge in [0.25, 0.3) is 0 Å². The summed E-state index contributed by atoms with van der Waals surface area (Å²) in [7, 11) is -3.78. The zero-order valence-electron chi connectivity index (χ0n) is 20.2. The predicted molar refractivity (Wildman–Crippen MR) is 135 cm³/mol. The molecule has 3 unspecified atom stereocenters. The minimum absolute atomic E-state index is 0.100. The molecule has 1 saturated carbocycles. The van der Waals surface area contributed by atoms with Crippen LogP contribution in [0.15, 0.2) is 77.7 Å². The molecule has 2 aromatic rings. The highest BCUT2D eigenvalue weighted by Gasteiger charge is 2.40. The predicted octanol–water partition coefficient (Wildman–Crippen LogP) is 4.15. The van der Waals surface area contributed by atoms with Crippen LogP contribution < -0.4 is 0 Å². The normalized spacial score (nSPS) is 22.9. The summed E-state index contributed by atoms with van der Waals surface area (Å²) in [5.74, 6) is -1.45. The van der Waals surface area contributed by atoms with Crippen molar-refractivity contribution in [2.45, 2.75) is 43.2 Å². The number of hydrogen-bond donors (Lipinski definition) is 1. The number of piperazine rings is 1. The lowest BCUT2D eigenvalue weighted by Gasteiger charge is -2.40. The molecular weight excluding hydrogens is 480 g/mol. The first-order valence-electron chi connectivity index (χ1n) is 12.2. The van der Waals surface area contributed by atoms with Crippen LogP contribution >= 0.6 is 0 Å². The van der Waals surface area contributed by atoms with Gasteiger partial charge in [-0.2, -0.15) is 4.31 Å². The number of carboxylic acid groups (broad SMARTS) is 1. The van der Waals surface area contributed by atoms with Gasteiger partial charge in [-0.15, -0.1) is 0 Å². The molecular formula is C27H32N2O6S. The van der Waals surface area contributed by atoms with Crippen LogP contribution in [0.4, 0.5) is 4.79 Å². The van der Waals surface area contributed by atoms with Crippen LogP contribution in [-0.4, -0.2) is 60.5 Å². The second kappa shape index (κ2) is 11.3. The number of aliphatic carboxylic acids is 1. The first kappa shape index (κ1) is 25.9. The van der Waals surface area contributed by atoms with Crippen molar-refractivity contribution >= 4 is 22.1 Å². The van der Waals surface area contributed by atoms with E-state index in [0.717, 1.165) is 11.1 Å². The average Bonchev–Trinajstić information content (AvgIpc) is 3.27. The Hall–Kier alpha value is -3.17. The molecule has 1 amide bonds. The number of rotatable bonds is 8. The number of carboxylic acids is 1. The van der Waals surface area contributed by atoms with Gasteiger partial charge in [0.2, 0.25) is 10.0 Å². The van der Waals surface area contributed by atoms with Crippen LogP contribution in [0.2, 0.25) is 0 Å². The molecule has 8 nitrogen and oxygen atoms in total. The maximum Gasteiger partial charge on any atom is 0.410 e. The number of nitrogens with zero attached hydrogens (tertiary/aromatic N) is 2. The molecule has 0 radical (unpaired) electrons. The number of carbonyl (C=O) groups is 2. The fraction of sp³-hybridized carbons (Fsp3) is 0.407. The number of hydrogen-bond acceptors (Lipinski definition) is 5. The molecule has 1 saturated heterocycles. The molecule has 1 aliphatic carbocycles. The van der Waals surface area contributed by atoms with E-state index in [1.54, 1.807) is 35.2 Å². The number of carbonyl (C=O) groups excluding carboxylic acids is 1. The minimum atomic E-state index is -3.78. The van der Waals surface area contributed by atoms with Crippen molar-refractivity contribution < 1.29 is 27.9 Å². The van der Waals surface area contributed by atoms with Gasteiger partial charge in [-0.1, -0.05) is 60.7 Å². The summed E-state index contributed by atoms with van der Waals surface area (Å²) in [6, 6.07) is 17.1. The van der Waals surface area contributed by atoms with Crippen LogP contribution in [0.1, 0.15) is 31.2 Å². The molecule has 2 aliphatic rings. The van der Waals surface area contributed by atoms with Crippen LogP contribution in [0.3, 0.4) is 0 Å². The summed E-state index contributed by atoms with van der Waals surface area (Å²) in [6.07, 6.45) is 1.57. The third kappa shape index (κ3) is 5.96. The highest BCUT2D eigenvalue weighted by molar-refractivity contribution is 7.89. The maximum absolute atomic E-state index is 13.5. The molecule has 1 N–H and O–H groups in total. The van der Waals surface area contributed by atoms with Gasteiger partial charge in [0.15, 0.2) is 0 Å². The molecule has 0 aromatic heterocycles. The van der Waals surface area contributed by atoms with Crippen molar-refractivity contribution in [3.63, 3.8) is 0 Å². The second-order valence-electron chi connectivity index (χ2n) is 9.51. The minimum Gasteiger partial charge on any atom is -0.481 e. The molecule has 192 valence electrons. The van der Waals surface area contributed by atoms with Gasteiger partial charge in [0.1, 0.15) is 6.61 Å². The number of amides is 1. The van der Waals surface area contributed by atoms with E-state index in [0.29, 0.717) is 25.7 Å². The van der Waals surface area contributed by atoms with Crippen molar-refractivity contribution in [2.24, 2.45) is 11.8 Å². The van der Waals surface area contributed by atoms with E-state index in [4.69, 9.17) is 4.74 Å². The zero-order valence-corrected chi connectivity index (χ0v) is 21.0. The molecule has 0 bridgehead atoms. The number of benzene rings is 2. The summed E-state index contributed by atoms with van der Waals surface area (Å²) >= 11 is 0. The second-order valence-corrected chi connectivity index (χ2v) is 11.4. The highest BCUT2D eigenvalue weighted by Crippen LogP contribution is 2.39. The Kier molecular flexibility index (Phi) is 8.11. The largest absolute Gasteiger partial charge is 0.481 e. The Morgan fingerprint density at radius 3 is 2.31 bits per heavy atom. The van der Waals surface area contributed by atoms with Crippen LogP contribution in [-0.2, 0) is 26.2 Å². The summed E-state index contributed by atoms with van der Waals surface area (Å²) in [5, 5.41) is 9.62. The molecule has 2 fully saturated rings. The third-order valence-corrected chi connectivity index (χ3v) is 9.02. The van der Waals surface area contributed by atoms with E-state index in [2.05, 4.69) is 6.58 Å². The lowest BCUT2D eigenvalue weighted by atomic mass is 9.90. The summed E-state index contributed by atoms with van der Waals surface area (Å²) in [5.41, 5.74) is 1.78. The summed E-state index contributed by atoms with van der Waals surface area (Å²) in [6.45, 7) is 4.65. The average molecular weight is 513 g/mol. The van der Waals surface area contributed by atoms with Gasteiger partial charge in [0.05, 0.1) is 10.8 Å². The molecule has 9 heteroatoms. The Morgan fingerprint density at radius 1 is 0.972 bits per heavy atom. The number of sulfonamides is 1. The smallest absolute Gasteiger partial charge is 0.410 e. The first-order valence-corrected chi connectivity index (χ1v) is 13.6. The van der Waals surface area contributed by atoms with Crippen molar-refractivity contribution in [1.82, 2.24) is 9.21 Å². The molecule has 1 aliphatic heterocycles. The van der Waals surface area contributed by atoms with Crippen molar-refractivity contribution in [1.29, 1.82) is 0 Å². The van der Waals surface area contributed by atoms with Gasteiger partial charge in [0, 0.05) is 25.7 Å². The number of allylic oxidation sites excluding steroid dienone is 1. The van der Waals surface area contributed by atoms with E-state index in [1.165, 1.54) is 4.31 Å². The first-order chi connectivity index (χ1) is 17.3. The van der Waals surface area contributed by atoms with Gasteiger partial charge in [-0.3, -0.25) is 4.79 Å². The van der Waals surface area contributed by atoms with Gasteiger partial charge in [-0.25, -0.2) is 13.2 Å². The Bertz CT molecular complexity index is 1190. The van der Waals surface area contributed by atoms with E-state index in [-0.39, 0.29) is 37.1 Å². The van der Waals surface area contributed by atoms with Crippen LogP contribution in [0, 0.1) is 11.8 Å². The maximum atomic E-state index is 13.5. The molecule has 2 aromatic carbocycles. The fourth-order valence-corrected chi connectivity index (χ4v) is 6.83. The van der Waals surface area contributed by atoms with Crippen molar-refractivity contribution in [3.05, 3.63) is 78.4 Å². The summed E-state index contributed by atoms with van der Waals surface area (Å²) < 4.78 is 33.9. The lowest BCUT2D eigenvalue weighted by molar-refractivity contribution is -0.143. The topological polar surface area (TPSA) is 104 Å². The molecule has 36 heavy (non-hydrogen) atoms. The molecule has 4 rings (SSSR count). The molecule has 0 spiro atoms. The van der Waals surface area contributed by atoms with Crippen LogP contribution in [0.5, 0.6) is 0 Å². The quantitative estimate of drug-likeness (QED) is 0.533. The van der Waals surface area contributed by atoms with E-state index in [9.17, 15) is 23.1 Å². The highest BCUT2D eigenvalue weighted by atomic mass is 32.2. The van der Waals surface area contributed by atoms with E-state index in [1.807, 2.05) is 30.3 Å². The zero-order chi connectivity index (χ0) is 25.7. The van der Waals surface area contributed by atoms with Crippen LogP contribution in [0.25, 0.3) is 0 Å². The van der Waals surface area contributed by atoms with E-state index >= 15 is 0 Å². The summed E-state index contributed by atoms with van der Waals surface area (Å²) in [4.78, 5) is 26.3. The third-order valence-electron chi connectivity index (χ3n) is 7.06. The fourth-order valence-electron chi connectivity index (χ4n) is 5.17. The van der Waals surface area contributed by atoms with Crippen molar-refractivity contribution in [2.75, 3.05) is 19.6 Å². The lowest BCUT2D eigenvalue weighted by Crippen LogP contribution is -2.56. The Labute approximate surface area is 212 Å². The Morgan fingerprint density at radius 2 is 1.64 bits per heavy atom. The Balaban J connectivity index is 1.49. The monoisotopic (exact) mass is 512 g/mol. The van der Waals surface area contributed by atoms with Gasteiger partial charge < -0.3 is 14.7 Å². The van der Waals surface area contributed by atoms with Gasteiger partial charge >= 0.3 is 12.1 Å². The van der Waals surface area contributed by atoms with Gasteiger partial charge in [-0.05, 0) is 49.3 Å². The SMILES string of the molecule is C=C1CC(CCC2CN(C(=O)OCc3ccccc3)CCN2S(=O)(=O)c2ccccc2)C(C(=O)O)C1. The van der Waals surface area contributed by atoms with E-state index < -0.39 is 34.0 Å². The molecule has 1 heterocycles. The van der Waals surface area contributed by atoms with Crippen molar-refractivity contribution in [3.8, 4) is 0 Å². The standard InChI is InChI=1S/C27H32N2O6S/c1-20-16-22(25(17-20)26(30)31)12-13-23-18-28(27(32)35-19-21-8-4-2-5-9-21)14-15-29(23)36(33,34)24-10-6-3-7-11-24/h2-11,22-23,25H,1,12-19H2,(H,30,31). The molecule has 3 atom stereocenters.